The molecule has 0 aliphatic rings. The van der Waals surface area contributed by atoms with Gasteiger partial charge in [0.25, 0.3) is 0 Å². The summed E-state index contributed by atoms with van der Waals surface area (Å²) < 4.78 is 10.5. The number of benzene rings is 1. The Morgan fingerprint density at radius 3 is 2.65 bits per heavy atom. The predicted octanol–water partition coefficient (Wildman–Crippen LogP) is 4.07. The monoisotopic (exact) mass is 314 g/mol. The summed E-state index contributed by atoms with van der Waals surface area (Å²) in [5.74, 6) is 0.661. The summed E-state index contributed by atoms with van der Waals surface area (Å²) in [5, 5.41) is 9.12. The van der Waals surface area contributed by atoms with E-state index in [1.165, 1.54) is 6.26 Å². The smallest absolute Gasteiger partial charge is 0.323 e. The third-order valence-corrected chi connectivity index (χ3v) is 3.29. The zero-order valence-electron chi connectivity index (χ0n) is 13.4. The van der Waals surface area contributed by atoms with E-state index in [2.05, 4.69) is 20.8 Å². The van der Waals surface area contributed by atoms with Crippen LogP contribution in [0.5, 0.6) is 0 Å². The van der Waals surface area contributed by atoms with Gasteiger partial charge in [0.15, 0.2) is 5.58 Å². The lowest BCUT2D eigenvalue weighted by Crippen LogP contribution is -2.19. The highest BCUT2D eigenvalue weighted by Crippen LogP contribution is 2.27. The predicted molar refractivity (Wildman–Crippen MR) is 86.6 cm³/mol. The summed E-state index contributed by atoms with van der Waals surface area (Å²) in [4.78, 5) is 16.5. The molecule has 0 bridgehead atoms. The van der Waals surface area contributed by atoms with Crippen LogP contribution in [0, 0.1) is 6.92 Å². The van der Waals surface area contributed by atoms with E-state index in [1.54, 1.807) is 25.1 Å². The number of nitrogens with zero attached hydrogens (tertiary/aromatic N) is 2. The molecule has 3 aromatic rings. The molecule has 0 fully saturated rings. The van der Waals surface area contributed by atoms with E-state index < -0.39 is 0 Å². The fraction of sp³-hybridized carbons (Fsp3) is 0.312. The van der Waals surface area contributed by atoms with Gasteiger partial charge in [-0.2, -0.15) is 0 Å². The maximum absolute atomic E-state index is 12.0. The first-order valence-electron chi connectivity index (χ1n) is 7.23. The maximum Gasteiger partial charge on any atom is 0.323 e. The zero-order valence-corrected chi connectivity index (χ0v) is 13.4. The number of rotatable bonds is 2. The number of amides is 2. The van der Waals surface area contributed by atoms with Crippen molar-refractivity contribution in [3.63, 3.8) is 0 Å². The topological polar surface area (TPSA) is 93.2 Å². The van der Waals surface area contributed by atoms with E-state index in [-0.39, 0.29) is 11.4 Å². The average Bonchev–Trinajstić information content (AvgIpc) is 3.05. The van der Waals surface area contributed by atoms with Crippen LogP contribution in [0.3, 0.4) is 0 Å². The maximum atomic E-state index is 12.0. The second-order valence-corrected chi connectivity index (χ2v) is 6.34. The third kappa shape index (κ3) is 3.18. The first kappa shape index (κ1) is 15.1. The van der Waals surface area contributed by atoms with Crippen molar-refractivity contribution in [2.45, 2.75) is 33.1 Å². The first-order valence-corrected chi connectivity index (χ1v) is 7.23. The Labute approximate surface area is 133 Å². The van der Waals surface area contributed by atoms with Gasteiger partial charge >= 0.3 is 6.03 Å². The molecule has 3 rings (SSSR count). The van der Waals surface area contributed by atoms with Crippen molar-refractivity contribution in [3.8, 4) is 0 Å². The molecule has 23 heavy (non-hydrogen) atoms. The van der Waals surface area contributed by atoms with Crippen LogP contribution in [0.4, 0.5) is 16.2 Å². The largest absolute Gasteiger partial charge is 0.440 e. The molecule has 0 aliphatic carbocycles. The number of carbonyl (C=O) groups is 1. The van der Waals surface area contributed by atoms with Gasteiger partial charge in [0.2, 0.25) is 5.89 Å². The van der Waals surface area contributed by atoms with Crippen molar-refractivity contribution < 1.29 is 13.7 Å². The second kappa shape index (κ2) is 5.42. The van der Waals surface area contributed by atoms with Crippen molar-refractivity contribution in [2.75, 3.05) is 10.6 Å². The van der Waals surface area contributed by atoms with Gasteiger partial charge in [0.1, 0.15) is 23.2 Å². The standard InChI is InChI=1S/C16H18N4O3/c1-9-12(8-22-20-9)19-15(21)17-10-5-6-13-11(7-10)18-14(23-13)16(2,3)4/h5-8H,1-4H3,(H2,17,19,21). The van der Waals surface area contributed by atoms with Crippen LogP contribution in [-0.2, 0) is 5.41 Å². The molecule has 7 heteroatoms. The molecule has 0 atom stereocenters. The Kier molecular flexibility index (Phi) is 3.55. The molecule has 7 nitrogen and oxygen atoms in total. The van der Waals surface area contributed by atoms with Crippen molar-refractivity contribution >= 4 is 28.5 Å². The molecule has 2 amide bonds. The number of fused-ring (bicyclic) bond motifs is 1. The van der Waals surface area contributed by atoms with Crippen LogP contribution in [0.15, 0.2) is 33.4 Å². The van der Waals surface area contributed by atoms with Crippen molar-refractivity contribution in [1.29, 1.82) is 0 Å². The number of nitrogens with one attached hydrogen (secondary N) is 2. The van der Waals surface area contributed by atoms with Gasteiger partial charge in [-0.25, -0.2) is 9.78 Å². The highest BCUT2D eigenvalue weighted by molar-refractivity contribution is 6.00. The molecule has 120 valence electrons. The Bertz CT molecular complexity index is 858. The number of hydrogen-bond donors (Lipinski definition) is 2. The molecule has 2 N–H and O–H groups in total. The van der Waals surface area contributed by atoms with Crippen LogP contribution in [0.1, 0.15) is 32.4 Å². The number of aryl methyl sites for hydroxylation is 1. The summed E-state index contributed by atoms with van der Waals surface area (Å²) in [6.45, 7) is 7.84. The molecule has 0 saturated carbocycles. The van der Waals surface area contributed by atoms with E-state index in [1.807, 2.05) is 20.8 Å². The van der Waals surface area contributed by atoms with Gasteiger partial charge in [0, 0.05) is 11.1 Å². The van der Waals surface area contributed by atoms with Gasteiger partial charge in [-0.05, 0) is 25.1 Å². The molecule has 0 saturated heterocycles. The van der Waals surface area contributed by atoms with Gasteiger partial charge < -0.3 is 19.6 Å². The van der Waals surface area contributed by atoms with Gasteiger partial charge in [-0.3, -0.25) is 0 Å². The van der Waals surface area contributed by atoms with E-state index >= 15 is 0 Å². The molecule has 0 unspecified atom stereocenters. The summed E-state index contributed by atoms with van der Waals surface area (Å²) in [6, 6.07) is 4.95. The van der Waals surface area contributed by atoms with Crippen LogP contribution in [-0.4, -0.2) is 16.2 Å². The number of aromatic nitrogens is 2. The molecular weight excluding hydrogens is 296 g/mol. The molecule has 0 spiro atoms. The zero-order chi connectivity index (χ0) is 16.6. The summed E-state index contributed by atoms with van der Waals surface area (Å²) in [7, 11) is 0. The van der Waals surface area contributed by atoms with Crippen molar-refractivity contribution in [3.05, 3.63) is 36.0 Å². The minimum Gasteiger partial charge on any atom is -0.440 e. The number of hydrogen-bond acceptors (Lipinski definition) is 5. The van der Waals surface area contributed by atoms with Gasteiger partial charge in [-0.1, -0.05) is 25.9 Å². The highest BCUT2D eigenvalue weighted by Gasteiger charge is 2.21. The van der Waals surface area contributed by atoms with Crippen LogP contribution in [0.2, 0.25) is 0 Å². The first-order chi connectivity index (χ1) is 10.8. The summed E-state index contributed by atoms with van der Waals surface area (Å²) in [6.07, 6.45) is 1.38. The summed E-state index contributed by atoms with van der Waals surface area (Å²) in [5.41, 5.74) is 2.99. The van der Waals surface area contributed by atoms with E-state index in [0.717, 1.165) is 0 Å². The lowest BCUT2D eigenvalue weighted by Gasteiger charge is -2.11. The minimum absolute atomic E-state index is 0.171. The molecule has 0 aliphatic heterocycles. The fourth-order valence-corrected chi connectivity index (χ4v) is 2.02. The lowest BCUT2D eigenvalue weighted by atomic mass is 9.97. The fourth-order valence-electron chi connectivity index (χ4n) is 2.02. The average molecular weight is 314 g/mol. The number of urea groups is 1. The quantitative estimate of drug-likeness (QED) is 0.744. The second-order valence-electron chi connectivity index (χ2n) is 6.34. The molecule has 1 aromatic carbocycles. The van der Waals surface area contributed by atoms with E-state index in [4.69, 9.17) is 8.94 Å². The number of anilines is 2. The SMILES string of the molecule is Cc1nocc1NC(=O)Nc1ccc2oc(C(C)(C)C)nc2c1. The van der Waals surface area contributed by atoms with Crippen LogP contribution < -0.4 is 10.6 Å². The van der Waals surface area contributed by atoms with Gasteiger partial charge in [0.05, 0.1) is 0 Å². The van der Waals surface area contributed by atoms with Gasteiger partial charge in [-0.15, -0.1) is 0 Å². The van der Waals surface area contributed by atoms with Crippen molar-refractivity contribution in [2.24, 2.45) is 0 Å². The van der Waals surface area contributed by atoms with E-state index in [0.29, 0.717) is 34.1 Å². The van der Waals surface area contributed by atoms with Crippen molar-refractivity contribution in [1.82, 2.24) is 10.1 Å². The van der Waals surface area contributed by atoms with Crippen LogP contribution >= 0.6 is 0 Å². The van der Waals surface area contributed by atoms with Crippen LogP contribution in [0.25, 0.3) is 11.1 Å². The Morgan fingerprint density at radius 2 is 2.00 bits per heavy atom. The Balaban J connectivity index is 1.78. The lowest BCUT2D eigenvalue weighted by molar-refractivity contribution is 0.262. The summed E-state index contributed by atoms with van der Waals surface area (Å²) >= 11 is 0. The Morgan fingerprint density at radius 1 is 1.22 bits per heavy atom. The number of carbonyl (C=O) groups excluding carboxylic acids is 1. The minimum atomic E-state index is -0.379. The van der Waals surface area contributed by atoms with E-state index in [9.17, 15) is 4.79 Å². The molecule has 2 aromatic heterocycles. The normalized spacial score (nSPS) is 11.7. The molecule has 2 heterocycles. The molecule has 0 radical (unpaired) electrons. The number of oxazole rings is 1. The third-order valence-electron chi connectivity index (χ3n) is 3.29. The molecular formula is C16H18N4O3. The highest BCUT2D eigenvalue weighted by atomic mass is 16.5. The Hall–Kier alpha value is -2.83.